The standard InChI is InChI=1S/C25H27F2N5O2/c1-14(2)29-25(34)17-10-9-15(3)18(11-17)22-19(12-28-5)24(31-16(4)30-22)32(13-33)23-20(26)7-6-8-21(23)27/h6-11,13-14,28H,12H2,1-5H3,(H,29,34). The number of benzene rings is 2. The van der Waals surface area contributed by atoms with Crippen LogP contribution in [0.15, 0.2) is 36.4 Å². The van der Waals surface area contributed by atoms with Crippen molar-refractivity contribution in [2.24, 2.45) is 0 Å². The lowest BCUT2D eigenvalue weighted by atomic mass is 9.98. The molecule has 0 aliphatic carbocycles. The maximum Gasteiger partial charge on any atom is 0.251 e. The maximum atomic E-state index is 14.6. The van der Waals surface area contributed by atoms with Crippen molar-refractivity contribution >= 4 is 23.8 Å². The van der Waals surface area contributed by atoms with Crippen molar-refractivity contribution in [2.45, 2.75) is 40.3 Å². The molecule has 7 nitrogen and oxygen atoms in total. The second kappa shape index (κ2) is 10.5. The largest absolute Gasteiger partial charge is 0.350 e. The molecule has 0 aliphatic heterocycles. The highest BCUT2D eigenvalue weighted by atomic mass is 19.1. The van der Waals surface area contributed by atoms with E-state index >= 15 is 0 Å². The predicted octanol–water partition coefficient (Wildman–Crippen LogP) is 4.19. The average Bonchev–Trinajstić information content (AvgIpc) is 2.77. The minimum atomic E-state index is -0.899. The van der Waals surface area contributed by atoms with E-state index in [2.05, 4.69) is 20.6 Å². The predicted molar refractivity (Wildman–Crippen MR) is 127 cm³/mol. The first kappa shape index (κ1) is 24.9. The van der Waals surface area contributed by atoms with Crippen LogP contribution in [0.1, 0.15) is 41.2 Å². The molecule has 0 radical (unpaired) electrons. The van der Waals surface area contributed by atoms with Crippen LogP contribution in [0.4, 0.5) is 20.3 Å². The van der Waals surface area contributed by atoms with Gasteiger partial charge >= 0.3 is 0 Å². The number of rotatable bonds is 8. The first-order valence-corrected chi connectivity index (χ1v) is 10.8. The van der Waals surface area contributed by atoms with Gasteiger partial charge in [-0.1, -0.05) is 12.1 Å². The Balaban J connectivity index is 2.27. The molecule has 0 bridgehead atoms. The summed E-state index contributed by atoms with van der Waals surface area (Å²) in [6, 6.07) is 8.56. The molecular weight excluding hydrogens is 440 g/mol. The Kier molecular flexibility index (Phi) is 7.68. The molecule has 0 atom stereocenters. The first-order valence-electron chi connectivity index (χ1n) is 10.8. The summed E-state index contributed by atoms with van der Waals surface area (Å²) in [5.41, 5.74) is 2.30. The molecule has 9 heteroatoms. The highest BCUT2D eigenvalue weighted by molar-refractivity contribution is 5.96. The van der Waals surface area contributed by atoms with Crippen LogP contribution in [-0.4, -0.2) is 35.4 Å². The molecule has 2 amide bonds. The van der Waals surface area contributed by atoms with Gasteiger partial charge in [0.05, 0.1) is 5.69 Å². The minimum Gasteiger partial charge on any atom is -0.350 e. The smallest absolute Gasteiger partial charge is 0.251 e. The van der Waals surface area contributed by atoms with Crippen LogP contribution in [-0.2, 0) is 11.3 Å². The molecule has 0 aliphatic rings. The Labute approximate surface area is 197 Å². The number of nitrogens with one attached hydrogen (secondary N) is 2. The zero-order valence-corrected chi connectivity index (χ0v) is 19.7. The van der Waals surface area contributed by atoms with Crippen LogP contribution < -0.4 is 15.5 Å². The van der Waals surface area contributed by atoms with Gasteiger partial charge in [0.1, 0.15) is 29.0 Å². The molecule has 1 heterocycles. The summed E-state index contributed by atoms with van der Waals surface area (Å²) in [5.74, 6) is -1.69. The van der Waals surface area contributed by atoms with Crippen molar-refractivity contribution in [3.05, 3.63) is 70.5 Å². The topological polar surface area (TPSA) is 87.2 Å². The van der Waals surface area contributed by atoms with Gasteiger partial charge in [-0.2, -0.15) is 0 Å². The molecular formula is C25H27F2N5O2. The van der Waals surface area contributed by atoms with E-state index in [0.717, 1.165) is 22.6 Å². The van der Waals surface area contributed by atoms with E-state index in [1.165, 1.54) is 6.07 Å². The van der Waals surface area contributed by atoms with Crippen molar-refractivity contribution in [1.82, 2.24) is 20.6 Å². The fraction of sp³-hybridized carbons (Fsp3) is 0.280. The average molecular weight is 468 g/mol. The zero-order valence-electron chi connectivity index (χ0n) is 19.7. The number of aromatic nitrogens is 2. The summed E-state index contributed by atoms with van der Waals surface area (Å²) in [7, 11) is 1.70. The quantitative estimate of drug-likeness (QED) is 0.485. The SMILES string of the molecule is CNCc1c(-c2cc(C(=O)NC(C)C)ccc2C)nc(C)nc1N(C=O)c1c(F)cccc1F. The zero-order chi connectivity index (χ0) is 25.0. The van der Waals surface area contributed by atoms with Crippen LogP contribution in [0.3, 0.4) is 0 Å². The van der Waals surface area contributed by atoms with E-state index in [0.29, 0.717) is 34.6 Å². The lowest BCUT2D eigenvalue weighted by Crippen LogP contribution is -2.30. The molecule has 0 spiro atoms. The van der Waals surface area contributed by atoms with Gasteiger partial charge in [0.15, 0.2) is 0 Å². The summed E-state index contributed by atoms with van der Waals surface area (Å²) >= 11 is 0. The van der Waals surface area contributed by atoms with Gasteiger partial charge < -0.3 is 10.6 Å². The molecule has 3 aromatic rings. The van der Waals surface area contributed by atoms with E-state index < -0.39 is 17.3 Å². The van der Waals surface area contributed by atoms with Crippen molar-refractivity contribution in [1.29, 1.82) is 0 Å². The molecule has 0 unspecified atom stereocenters. The molecule has 34 heavy (non-hydrogen) atoms. The third-order valence-corrected chi connectivity index (χ3v) is 5.14. The number of carbonyl (C=O) groups is 2. The third kappa shape index (κ3) is 5.09. The fourth-order valence-electron chi connectivity index (χ4n) is 3.63. The number of anilines is 2. The third-order valence-electron chi connectivity index (χ3n) is 5.14. The van der Waals surface area contributed by atoms with Crippen LogP contribution in [0, 0.1) is 25.5 Å². The van der Waals surface area contributed by atoms with E-state index in [9.17, 15) is 18.4 Å². The summed E-state index contributed by atoms with van der Waals surface area (Å²) in [6.45, 7) is 7.43. The van der Waals surface area contributed by atoms with E-state index in [-0.39, 0.29) is 24.3 Å². The van der Waals surface area contributed by atoms with Crippen molar-refractivity contribution in [3.8, 4) is 11.3 Å². The Morgan fingerprint density at radius 3 is 2.38 bits per heavy atom. The number of aryl methyl sites for hydroxylation is 2. The molecule has 178 valence electrons. The number of nitrogens with zero attached hydrogens (tertiary/aromatic N) is 3. The summed E-state index contributed by atoms with van der Waals surface area (Å²) < 4.78 is 29.2. The van der Waals surface area contributed by atoms with Crippen LogP contribution in [0.25, 0.3) is 11.3 Å². The summed E-state index contributed by atoms with van der Waals surface area (Å²) in [4.78, 5) is 34.5. The Morgan fingerprint density at radius 1 is 1.12 bits per heavy atom. The van der Waals surface area contributed by atoms with Gasteiger partial charge in [-0.25, -0.2) is 18.7 Å². The van der Waals surface area contributed by atoms with E-state index in [4.69, 9.17) is 0 Å². The lowest BCUT2D eigenvalue weighted by Gasteiger charge is -2.23. The molecule has 3 rings (SSSR count). The number of carbonyl (C=O) groups excluding carboxylic acids is 2. The highest BCUT2D eigenvalue weighted by Gasteiger charge is 2.25. The van der Waals surface area contributed by atoms with Gasteiger partial charge in [0.25, 0.3) is 5.91 Å². The number of hydrogen-bond acceptors (Lipinski definition) is 5. The number of amides is 2. The highest BCUT2D eigenvalue weighted by Crippen LogP contribution is 2.35. The summed E-state index contributed by atoms with van der Waals surface area (Å²) in [5, 5.41) is 5.87. The van der Waals surface area contributed by atoms with Gasteiger partial charge in [-0.05, 0) is 64.6 Å². The number of para-hydroxylation sites is 1. The summed E-state index contributed by atoms with van der Waals surface area (Å²) in [6.07, 6.45) is 0.325. The molecule has 2 aromatic carbocycles. The molecule has 0 saturated carbocycles. The normalized spacial score (nSPS) is 10.9. The minimum absolute atomic E-state index is 0.0400. The lowest BCUT2D eigenvalue weighted by molar-refractivity contribution is -0.106. The Bertz CT molecular complexity index is 1210. The second-order valence-electron chi connectivity index (χ2n) is 8.16. The van der Waals surface area contributed by atoms with Crippen molar-refractivity contribution < 1.29 is 18.4 Å². The van der Waals surface area contributed by atoms with Crippen molar-refractivity contribution in [2.75, 3.05) is 11.9 Å². The van der Waals surface area contributed by atoms with Gasteiger partial charge in [0, 0.05) is 29.3 Å². The van der Waals surface area contributed by atoms with Gasteiger partial charge in [-0.3, -0.25) is 14.5 Å². The molecule has 2 N–H and O–H groups in total. The first-order chi connectivity index (χ1) is 16.2. The number of halogens is 2. The van der Waals surface area contributed by atoms with Crippen LogP contribution >= 0.6 is 0 Å². The van der Waals surface area contributed by atoms with Gasteiger partial charge in [0.2, 0.25) is 6.41 Å². The molecule has 1 aromatic heterocycles. The van der Waals surface area contributed by atoms with Gasteiger partial charge in [-0.15, -0.1) is 0 Å². The monoisotopic (exact) mass is 467 g/mol. The second-order valence-corrected chi connectivity index (χ2v) is 8.16. The Hall–Kier alpha value is -3.72. The Morgan fingerprint density at radius 2 is 1.79 bits per heavy atom. The van der Waals surface area contributed by atoms with Crippen molar-refractivity contribution in [3.63, 3.8) is 0 Å². The van der Waals surface area contributed by atoms with Crippen LogP contribution in [0.5, 0.6) is 0 Å². The maximum absolute atomic E-state index is 14.6. The number of hydrogen-bond donors (Lipinski definition) is 2. The van der Waals surface area contributed by atoms with E-state index in [1.54, 1.807) is 32.2 Å². The van der Waals surface area contributed by atoms with Crippen LogP contribution in [0.2, 0.25) is 0 Å². The fourth-order valence-corrected chi connectivity index (χ4v) is 3.63. The molecule has 0 fully saturated rings. The van der Waals surface area contributed by atoms with E-state index in [1.807, 2.05) is 20.8 Å². The molecule has 0 saturated heterocycles.